The van der Waals surface area contributed by atoms with Gasteiger partial charge in [0, 0.05) is 95.4 Å². The molecule has 0 radical (unpaired) electrons. The highest BCUT2D eigenvalue weighted by Gasteiger charge is 2.34. The second kappa shape index (κ2) is 17.3. The van der Waals surface area contributed by atoms with Gasteiger partial charge in [0.1, 0.15) is 12.1 Å². The molecule has 3 aliphatic heterocycles. The lowest BCUT2D eigenvalue weighted by Crippen LogP contribution is -2.47. The van der Waals surface area contributed by atoms with Crippen molar-refractivity contribution < 1.29 is 14.4 Å². The van der Waals surface area contributed by atoms with Gasteiger partial charge in [0.25, 0.3) is 0 Å². The summed E-state index contributed by atoms with van der Waals surface area (Å²) < 4.78 is 4.75. The fraction of sp³-hybridized carbons (Fsp3) is 0.306. The highest BCUT2D eigenvalue weighted by molar-refractivity contribution is 6.06. The van der Waals surface area contributed by atoms with Gasteiger partial charge >= 0.3 is 11.7 Å². The van der Waals surface area contributed by atoms with E-state index in [1.807, 2.05) is 54.2 Å². The third kappa shape index (κ3) is 7.73. The summed E-state index contributed by atoms with van der Waals surface area (Å²) in [7, 11) is 3.57. The molecular weight excluding hydrogens is 821 g/mol. The second-order valence-electron chi connectivity index (χ2n) is 16.9. The number of nitrogens with one attached hydrogen (secondary N) is 1. The summed E-state index contributed by atoms with van der Waals surface area (Å²) in [6.45, 7) is 7.61. The van der Waals surface area contributed by atoms with Crippen LogP contribution < -0.4 is 25.7 Å². The first-order chi connectivity index (χ1) is 31.7. The molecule has 3 aromatic carbocycles. The number of fused-ring (bicyclic) bond motifs is 1. The zero-order chi connectivity index (χ0) is 44.8. The average molecular weight is 871 g/mol. The van der Waals surface area contributed by atoms with Gasteiger partial charge in [-0.25, -0.2) is 23.8 Å². The van der Waals surface area contributed by atoms with Gasteiger partial charge in [-0.3, -0.25) is 39.3 Å². The van der Waals surface area contributed by atoms with Crippen LogP contribution in [-0.4, -0.2) is 103 Å². The van der Waals surface area contributed by atoms with E-state index in [0.29, 0.717) is 43.9 Å². The van der Waals surface area contributed by atoms with Gasteiger partial charge in [-0.2, -0.15) is 10.2 Å². The van der Waals surface area contributed by atoms with E-state index in [4.69, 9.17) is 10.1 Å². The van der Waals surface area contributed by atoms with Gasteiger partial charge in [0.2, 0.25) is 11.8 Å². The van der Waals surface area contributed by atoms with Crippen LogP contribution in [0.15, 0.2) is 109 Å². The molecule has 4 aromatic heterocycles. The van der Waals surface area contributed by atoms with Crippen molar-refractivity contribution in [1.29, 1.82) is 0 Å². The molecule has 1 atom stereocenters. The number of piperidine rings is 1. The van der Waals surface area contributed by atoms with Crippen LogP contribution >= 0.6 is 0 Å². The number of aryl methyl sites for hydroxylation is 2. The third-order valence-electron chi connectivity index (χ3n) is 13.2. The Bertz CT molecular complexity index is 3000. The number of para-hydroxylation sites is 1. The number of pyridine rings is 2. The topological polar surface area (TPSA) is 160 Å². The van der Waals surface area contributed by atoms with Gasteiger partial charge in [-0.15, -0.1) is 0 Å². The standard InChI is InChI=1S/C49H50N12O4/c1-4-37-39(18-21-51-46(37)60-28-27-59(49(60)65)36-8-6-20-50-30-36)38-15-14-35(61-31-52-56(3)48(61)64)29-42(38)32-10-12-34(13-11-32)58-25-23-57(24-26-58)22-19-33-7-5-9-40-44(54-55(2)45(33)40)41-16-17-43(62)53-47(41)63/h5-15,18,20-21,29-31,41H,4,16-17,19,22-28H2,1-3H3,(H,53,62,63). The van der Waals surface area contributed by atoms with E-state index in [1.54, 1.807) is 40.0 Å². The Morgan fingerprint density at radius 3 is 2.29 bits per heavy atom. The maximum Gasteiger partial charge on any atom is 0.350 e. The highest BCUT2D eigenvalue weighted by atomic mass is 16.2. The number of carbonyl (C=O) groups excluding carboxylic acids is 3. The Hall–Kier alpha value is -7.46. The van der Waals surface area contributed by atoms with Crippen LogP contribution in [-0.2, 0) is 36.5 Å². The predicted octanol–water partition coefficient (Wildman–Crippen LogP) is 5.48. The van der Waals surface area contributed by atoms with Crippen LogP contribution in [0.3, 0.4) is 0 Å². The number of anilines is 3. The second-order valence-corrected chi connectivity index (χ2v) is 16.9. The summed E-state index contributed by atoms with van der Waals surface area (Å²) in [4.78, 5) is 68.9. The van der Waals surface area contributed by atoms with Crippen molar-refractivity contribution in [3.63, 3.8) is 0 Å². The maximum absolute atomic E-state index is 13.9. The number of hydrogen-bond acceptors (Lipinski definition) is 10. The quantitative estimate of drug-likeness (QED) is 0.165. The molecule has 0 spiro atoms. The van der Waals surface area contributed by atoms with Crippen molar-refractivity contribution in [2.24, 2.45) is 14.1 Å². The van der Waals surface area contributed by atoms with Crippen LogP contribution in [0.4, 0.5) is 22.0 Å². The molecule has 1 N–H and O–H groups in total. The van der Waals surface area contributed by atoms with Gasteiger partial charge in [-0.05, 0) is 89.5 Å². The molecule has 1 unspecified atom stereocenters. The number of imide groups is 1. The molecular formula is C49H50N12O4. The number of rotatable bonds is 11. The largest absolute Gasteiger partial charge is 0.369 e. The fourth-order valence-corrected chi connectivity index (χ4v) is 9.74. The average Bonchev–Trinajstić information content (AvgIpc) is 4.01. The number of amides is 4. The Morgan fingerprint density at radius 1 is 0.754 bits per heavy atom. The van der Waals surface area contributed by atoms with Crippen molar-refractivity contribution in [1.82, 2.24) is 44.3 Å². The van der Waals surface area contributed by atoms with Gasteiger partial charge in [0.15, 0.2) is 0 Å². The number of benzene rings is 3. The smallest absolute Gasteiger partial charge is 0.350 e. The molecule has 10 rings (SSSR count). The lowest BCUT2D eigenvalue weighted by molar-refractivity contribution is -0.134. The minimum absolute atomic E-state index is 0.135. The van der Waals surface area contributed by atoms with Crippen LogP contribution in [0.5, 0.6) is 0 Å². The molecule has 7 aromatic rings. The third-order valence-corrected chi connectivity index (χ3v) is 13.2. The fourth-order valence-electron chi connectivity index (χ4n) is 9.74. The summed E-state index contributed by atoms with van der Waals surface area (Å²) in [5, 5.41) is 12.4. The van der Waals surface area contributed by atoms with E-state index in [-0.39, 0.29) is 23.5 Å². The van der Waals surface area contributed by atoms with E-state index >= 15 is 0 Å². The first-order valence-corrected chi connectivity index (χ1v) is 22.2. The van der Waals surface area contributed by atoms with Crippen LogP contribution in [0, 0.1) is 0 Å². The van der Waals surface area contributed by atoms with E-state index in [9.17, 15) is 19.2 Å². The monoisotopic (exact) mass is 870 g/mol. The van der Waals surface area contributed by atoms with Crippen LogP contribution in [0.25, 0.3) is 38.8 Å². The van der Waals surface area contributed by atoms with Crippen molar-refractivity contribution in [2.45, 2.75) is 38.5 Å². The van der Waals surface area contributed by atoms with E-state index in [2.05, 4.69) is 68.5 Å². The first kappa shape index (κ1) is 41.5. The number of nitrogens with zero attached hydrogens (tertiary/aromatic N) is 11. The highest BCUT2D eigenvalue weighted by Crippen LogP contribution is 2.40. The molecule has 16 nitrogen and oxygen atoms in total. The number of piperazine rings is 1. The summed E-state index contributed by atoms with van der Waals surface area (Å²) in [6.07, 6.45) is 9.00. The van der Waals surface area contributed by atoms with Gasteiger partial charge in [0.05, 0.1) is 34.7 Å². The molecule has 0 saturated carbocycles. The molecule has 7 heterocycles. The molecule has 330 valence electrons. The molecule has 0 bridgehead atoms. The predicted molar refractivity (Wildman–Crippen MR) is 249 cm³/mol. The van der Waals surface area contributed by atoms with Gasteiger partial charge < -0.3 is 4.90 Å². The van der Waals surface area contributed by atoms with Crippen LogP contribution in [0.2, 0.25) is 0 Å². The molecule has 65 heavy (non-hydrogen) atoms. The molecule has 3 fully saturated rings. The maximum atomic E-state index is 13.9. The normalized spacial score (nSPS) is 17.1. The number of hydrogen-bond donors (Lipinski definition) is 1. The zero-order valence-corrected chi connectivity index (χ0v) is 36.7. The summed E-state index contributed by atoms with van der Waals surface area (Å²) >= 11 is 0. The van der Waals surface area contributed by atoms with E-state index in [1.165, 1.54) is 16.6 Å². The number of aromatic nitrogens is 7. The Labute approximate surface area is 375 Å². The first-order valence-electron chi connectivity index (χ1n) is 22.2. The van der Waals surface area contributed by atoms with Crippen LogP contribution in [0.1, 0.15) is 42.5 Å². The lowest BCUT2D eigenvalue weighted by Gasteiger charge is -2.36. The number of urea groups is 1. The Kier molecular flexibility index (Phi) is 11.0. The molecule has 3 aliphatic rings. The minimum atomic E-state index is -0.429. The number of carbonyl (C=O) groups is 3. The minimum Gasteiger partial charge on any atom is -0.369 e. The van der Waals surface area contributed by atoms with Crippen molar-refractivity contribution in [2.75, 3.05) is 60.5 Å². The van der Waals surface area contributed by atoms with Crippen molar-refractivity contribution in [3.8, 4) is 27.9 Å². The van der Waals surface area contributed by atoms with Crippen molar-refractivity contribution >= 4 is 45.9 Å². The van der Waals surface area contributed by atoms with E-state index < -0.39 is 5.92 Å². The van der Waals surface area contributed by atoms with Crippen molar-refractivity contribution in [3.05, 3.63) is 131 Å². The molecule has 3 saturated heterocycles. The summed E-state index contributed by atoms with van der Waals surface area (Å²) in [5.41, 5.74) is 10.2. The van der Waals surface area contributed by atoms with E-state index in [0.717, 1.165) is 94.9 Å². The molecule has 0 aliphatic carbocycles. The summed E-state index contributed by atoms with van der Waals surface area (Å²) in [5.74, 6) is -0.284. The molecule has 16 heteroatoms. The zero-order valence-electron chi connectivity index (χ0n) is 36.7. The SMILES string of the molecule is CCc1c(-c2ccc(-n3cnn(C)c3=O)cc2-c2ccc(N3CCN(CCc4cccc5c(C6CCC(=O)NC6=O)nn(C)c45)CC3)cc2)ccnc1N1CCN(c2cccnc2)C1=O. The molecule has 4 amide bonds. The Morgan fingerprint density at radius 2 is 1.55 bits per heavy atom. The summed E-state index contributed by atoms with van der Waals surface area (Å²) in [6, 6.07) is 26.5. The lowest BCUT2D eigenvalue weighted by atomic mass is 9.90. The van der Waals surface area contributed by atoms with Gasteiger partial charge in [-0.1, -0.05) is 43.3 Å². The Balaban J connectivity index is 0.877.